The molecular formula is C29H35FN8O2S2. The molecule has 4 aromatic rings. The summed E-state index contributed by atoms with van der Waals surface area (Å²) in [7, 11) is -4.01. The summed E-state index contributed by atoms with van der Waals surface area (Å²) in [5, 5.41) is 11.6. The van der Waals surface area contributed by atoms with Crippen LogP contribution in [0.2, 0.25) is 0 Å². The average molecular weight is 611 g/mol. The van der Waals surface area contributed by atoms with E-state index in [1.807, 2.05) is 39.1 Å². The van der Waals surface area contributed by atoms with Gasteiger partial charge in [0.25, 0.3) is 0 Å². The highest BCUT2D eigenvalue weighted by Gasteiger charge is 2.29. The molecule has 13 heteroatoms. The largest absolute Gasteiger partial charge is 0.368 e. The van der Waals surface area contributed by atoms with Gasteiger partial charge in [0.05, 0.1) is 33.2 Å². The van der Waals surface area contributed by atoms with Crippen LogP contribution in [0.25, 0.3) is 21.8 Å². The Kier molecular flexibility index (Phi) is 8.56. The molecule has 4 N–H and O–H groups in total. The Hall–Kier alpha value is -3.52. The summed E-state index contributed by atoms with van der Waals surface area (Å²) in [4.78, 5) is 21.4. The molecule has 1 aliphatic rings. The second-order valence-corrected chi connectivity index (χ2v) is 13.9. The van der Waals surface area contributed by atoms with Gasteiger partial charge in [0.15, 0.2) is 0 Å². The van der Waals surface area contributed by atoms with Crippen LogP contribution in [0.5, 0.6) is 0 Å². The van der Waals surface area contributed by atoms with Crippen molar-refractivity contribution in [1.29, 1.82) is 0 Å². The van der Waals surface area contributed by atoms with Crippen LogP contribution >= 0.6 is 11.3 Å². The number of hydrogen-bond donors (Lipinski definition) is 3. The molecule has 1 unspecified atom stereocenters. The van der Waals surface area contributed by atoms with E-state index < -0.39 is 21.1 Å². The highest BCUT2D eigenvalue weighted by molar-refractivity contribution is 7.89. The molecule has 1 aromatic carbocycles. The van der Waals surface area contributed by atoms with Crippen molar-refractivity contribution in [2.24, 2.45) is 5.14 Å². The number of aromatic nitrogens is 4. The molecule has 1 atom stereocenters. The number of sulfonamides is 1. The van der Waals surface area contributed by atoms with Crippen molar-refractivity contribution in [3.63, 3.8) is 0 Å². The molecule has 1 saturated heterocycles. The van der Waals surface area contributed by atoms with Crippen molar-refractivity contribution in [1.82, 2.24) is 25.3 Å². The number of nitrogens with zero attached hydrogens (tertiary/aromatic N) is 5. The summed E-state index contributed by atoms with van der Waals surface area (Å²) in [5.41, 5.74) is 1.89. The first-order valence-electron chi connectivity index (χ1n) is 13.8. The predicted molar refractivity (Wildman–Crippen MR) is 166 cm³/mol. The molecule has 5 rings (SSSR count). The number of piperazine rings is 1. The Labute approximate surface area is 249 Å². The molecule has 0 amide bonds. The van der Waals surface area contributed by atoms with Crippen molar-refractivity contribution in [2.75, 3.05) is 36.4 Å². The first-order chi connectivity index (χ1) is 20.0. The number of nitrogens with one attached hydrogen (secondary N) is 2. The quantitative estimate of drug-likeness (QED) is 0.252. The highest BCUT2D eigenvalue weighted by Crippen LogP contribution is 2.42. The molecule has 1 aliphatic heterocycles. The molecule has 0 spiro atoms. The van der Waals surface area contributed by atoms with Gasteiger partial charge in [0, 0.05) is 48.9 Å². The van der Waals surface area contributed by atoms with Crippen LogP contribution in [0, 0.1) is 5.82 Å². The van der Waals surface area contributed by atoms with Crippen molar-refractivity contribution in [2.45, 2.75) is 44.8 Å². The smallest absolute Gasteiger partial charge is 0.228 e. The lowest BCUT2D eigenvalue weighted by Gasteiger charge is -2.29. The molecule has 4 heterocycles. The minimum absolute atomic E-state index is 0.0224. The number of benzene rings is 1. The molecule has 222 valence electrons. The monoisotopic (exact) mass is 610 g/mol. The van der Waals surface area contributed by atoms with E-state index in [9.17, 15) is 8.42 Å². The average Bonchev–Trinajstić information content (AvgIpc) is 3.41. The zero-order valence-electron chi connectivity index (χ0n) is 24.1. The van der Waals surface area contributed by atoms with Gasteiger partial charge in [0.1, 0.15) is 16.9 Å². The maximum Gasteiger partial charge on any atom is 0.228 e. The normalized spacial score (nSPS) is 15.0. The van der Waals surface area contributed by atoms with Crippen LogP contribution in [-0.2, 0) is 15.4 Å². The van der Waals surface area contributed by atoms with Crippen molar-refractivity contribution >= 4 is 38.8 Å². The van der Waals surface area contributed by atoms with Crippen LogP contribution in [-0.4, -0.2) is 54.5 Å². The lowest BCUT2D eigenvalue weighted by atomic mass is 9.98. The zero-order valence-corrected chi connectivity index (χ0v) is 25.7. The first kappa shape index (κ1) is 30.0. The van der Waals surface area contributed by atoms with Crippen LogP contribution < -0.4 is 20.7 Å². The van der Waals surface area contributed by atoms with Gasteiger partial charge in [-0.05, 0) is 30.7 Å². The van der Waals surface area contributed by atoms with Gasteiger partial charge in [-0.3, -0.25) is 0 Å². The number of pyridine rings is 1. The van der Waals surface area contributed by atoms with E-state index in [1.54, 1.807) is 31.3 Å². The molecule has 0 saturated carbocycles. The topological polar surface area (TPSA) is 139 Å². The third-order valence-corrected chi connectivity index (χ3v) is 9.91. The SMILES string of the molecule is CCC(c1cccc(-c2nc(C(C)(C)C)sc2-c2ccnc(Nc3ccc(N4CCNCC4)cn3)n2)c1F)S(N)(=O)=O. The molecule has 3 aromatic heterocycles. The Balaban J connectivity index is 1.51. The van der Waals surface area contributed by atoms with Gasteiger partial charge in [-0.15, -0.1) is 11.3 Å². The van der Waals surface area contributed by atoms with E-state index in [0.29, 0.717) is 28.0 Å². The number of anilines is 3. The molecule has 0 aliphatic carbocycles. The van der Waals surface area contributed by atoms with E-state index in [1.165, 1.54) is 17.4 Å². The second-order valence-electron chi connectivity index (χ2n) is 11.2. The number of rotatable bonds is 8. The van der Waals surface area contributed by atoms with Crippen LogP contribution in [0.15, 0.2) is 48.8 Å². The number of nitrogens with two attached hydrogens (primary N) is 1. The Morgan fingerprint density at radius 2 is 1.88 bits per heavy atom. The summed E-state index contributed by atoms with van der Waals surface area (Å²) in [6, 6.07) is 10.3. The van der Waals surface area contributed by atoms with Crippen molar-refractivity contribution < 1.29 is 12.8 Å². The zero-order chi connectivity index (χ0) is 30.1. The predicted octanol–water partition coefficient (Wildman–Crippen LogP) is 4.99. The Bertz CT molecular complexity index is 1660. The van der Waals surface area contributed by atoms with Gasteiger partial charge < -0.3 is 15.5 Å². The molecule has 0 radical (unpaired) electrons. The van der Waals surface area contributed by atoms with Gasteiger partial charge in [-0.25, -0.2) is 37.9 Å². The fourth-order valence-electron chi connectivity index (χ4n) is 4.84. The molecule has 0 bridgehead atoms. The van der Waals surface area contributed by atoms with Crippen molar-refractivity contribution in [3.05, 3.63) is 65.2 Å². The van der Waals surface area contributed by atoms with E-state index >= 15 is 4.39 Å². The van der Waals surface area contributed by atoms with Crippen LogP contribution in [0.4, 0.5) is 21.8 Å². The van der Waals surface area contributed by atoms with Gasteiger partial charge in [0.2, 0.25) is 16.0 Å². The Morgan fingerprint density at radius 3 is 2.52 bits per heavy atom. The Morgan fingerprint density at radius 1 is 1.12 bits per heavy atom. The molecular weight excluding hydrogens is 576 g/mol. The third-order valence-electron chi connectivity index (χ3n) is 7.02. The fourth-order valence-corrected chi connectivity index (χ4v) is 6.95. The summed E-state index contributed by atoms with van der Waals surface area (Å²) in [5.74, 6) is 0.269. The summed E-state index contributed by atoms with van der Waals surface area (Å²) in [6.45, 7) is 11.5. The number of primary sulfonamides is 1. The van der Waals surface area contributed by atoms with Crippen LogP contribution in [0.1, 0.15) is 49.9 Å². The molecule has 1 fully saturated rings. The first-order valence-corrected chi connectivity index (χ1v) is 16.2. The summed E-state index contributed by atoms with van der Waals surface area (Å²) in [6.07, 6.45) is 3.60. The number of halogens is 1. The molecule has 42 heavy (non-hydrogen) atoms. The summed E-state index contributed by atoms with van der Waals surface area (Å²) < 4.78 is 40.5. The van der Waals surface area contributed by atoms with E-state index in [-0.39, 0.29) is 23.0 Å². The van der Waals surface area contributed by atoms with E-state index in [2.05, 4.69) is 25.5 Å². The second kappa shape index (κ2) is 12.0. The highest BCUT2D eigenvalue weighted by atomic mass is 32.2. The fraction of sp³-hybridized carbons (Fsp3) is 0.379. The number of hydrogen-bond acceptors (Lipinski definition) is 10. The standard InChI is InChI=1S/C29H35FN8O2S2/c1-5-22(42(31,39)40)19-7-6-8-20(24(19)30)25-26(41-27(37-25)29(2,3)4)21-11-12-33-28(35-21)36-23-10-9-18(17-34-23)38-15-13-32-14-16-38/h6-12,17,22,32H,5,13-16H2,1-4H3,(H2,31,39,40)(H,33,34,35,36). The van der Waals surface area contributed by atoms with Crippen LogP contribution in [0.3, 0.4) is 0 Å². The van der Waals surface area contributed by atoms with Gasteiger partial charge >= 0.3 is 0 Å². The minimum Gasteiger partial charge on any atom is -0.368 e. The maximum atomic E-state index is 16.0. The third kappa shape index (κ3) is 6.43. The minimum atomic E-state index is -4.01. The lowest BCUT2D eigenvalue weighted by molar-refractivity contribution is 0.566. The van der Waals surface area contributed by atoms with Gasteiger partial charge in [-0.1, -0.05) is 39.8 Å². The van der Waals surface area contributed by atoms with E-state index in [0.717, 1.165) is 36.9 Å². The van der Waals surface area contributed by atoms with Gasteiger partial charge in [-0.2, -0.15) is 0 Å². The molecule has 10 nitrogen and oxygen atoms in total. The lowest BCUT2D eigenvalue weighted by Crippen LogP contribution is -2.43. The maximum absolute atomic E-state index is 16.0. The van der Waals surface area contributed by atoms with Crippen molar-refractivity contribution in [3.8, 4) is 21.8 Å². The van der Waals surface area contributed by atoms with E-state index in [4.69, 9.17) is 15.1 Å². The summed E-state index contributed by atoms with van der Waals surface area (Å²) >= 11 is 1.42. The number of thiazole rings is 1.